The summed E-state index contributed by atoms with van der Waals surface area (Å²) in [5.74, 6) is 10.0. The third-order valence-electron chi connectivity index (χ3n) is 22.5. The van der Waals surface area contributed by atoms with Gasteiger partial charge in [-0.05, 0) is 160 Å². The molecule has 0 bridgehead atoms. The minimum atomic E-state index is -0.763. The predicted molar refractivity (Wildman–Crippen MR) is 223 cm³/mol. The summed E-state index contributed by atoms with van der Waals surface area (Å²) in [7, 11) is 0. The molecule has 2 aliphatic heterocycles. The average molecular weight is 895 g/mol. The van der Waals surface area contributed by atoms with E-state index in [4.69, 9.17) is 9.47 Å². The van der Waals surface area contributed by atoms with Gasteiger partial charge in [0.2, 0.25) is 0 Å². The van der Waals surface area contributed by atoms with Crippen molar-refractivity contribution in [3.05, 3.63) is 11.6 Å². The summed E-state index contributed by atoms with van der Waals surface area (Å²) < 4.78 is 12.4. The maximum atomic E-state index is 12.3. The molecule has 8 heteroatoms. The van der Waals surface area contributed by atoms with Gasteiger partial charge < -0.3 is 14.6 Å². The van der Waals surface area contributed by atoms with Crippen molar-refractivity contribution in [3.8, 4) is 0 Å². The number of ketones is 2. The molecule has 12 aliphatic carbocycles. The Bertz CT molecular complexity index is 1930. The average Bonchev–Trinajstić information content (AvgIpc) is 4.00. The van der Waals surface area contributed by atoms with Gasteiger partial charge in [0.1, 0.15) is 17.0 Å². The molecule has 14 rings (SSSR count). The Morgan fingerprint density at radius 3 is 1.74 bits per heavy atom. The number of allylic oxidation sites excluding steroid dienone is 1. The van der Waals surface area contributed by atoms with E-state index in [0.717, 1.165) is 86.9 Å². The Balaban J connectivity index is 0.000000127. The van der Waals surface area contributed by atoms with E-state index in [1.165, 1.54) is 37.7 Å². The Hall–Kier alpha value is -1.29. The Kier molecular flexibility index (Phi) is 7.72. The Morgan fingerprint density at radius 2 is 1.16 bits per heavy atom. The van der Waals surface area contributed by atoms with Crippen LogP contribution in [-0.4, -0.2) is 45.4 Å². The summed E-state index contributed by atoms with van der Waals surface area (Å²) in [5, 5.41) is 11.8. The molecule has 8 unspecified atom stereocenters. The van der Waals surface area contributed by atoms with Gasteiger partial charge in [0.05, 0.1) is 5.60 Å². The number of hydrogen-bond acceptors (Lipinski definition) is 7. The number of fused-ring (bicyclic) bond motifs is 24. The summed E-state index contributed by atoms with van der Waals surface area (Å²) >= 11 is 0. The van der Waals surface area contributed by atoms with Gasteiger partial charge in [0, 0.05) is 60.2 Å². The lowest BCUT2D eigenvalue weighted by Gasteiger charge is -2.64. The number of rotatable bonds is 0. The molecule has 13 fully saturated rings. The number of carbonyl (C=O) groups excluding carboxylic acids is 4. The highest BCUT2D eigenvalue weighted by Gasteiger charge is 2.84. The second kappa shape index (κ2) is 11.4. The molecule has 7 nitrogen and oxygen atoms in total. The molecular weight excluding hydrogens is 827 g/mol. The molecule has 0 aromatic carbocycles. The third kappa shape index (κ3) is 4.27. The van der Waals surface area contributed by atoms with Crippen molar-refractivity contribution in [2.24, 2.45) is 105 Å². The number of aliphatic hydroxyl groups is 1. The number of carbonyl (C=O) groups is 4. The van der Waals surface area contributed by atoms with Gasteiger partial charge in [0.15, 0.2) is 5.78 Å². The normalized spacial score (nSPS) is 61.7. The number of hydrogen-bond donors (Lipinski definition) is 1. The molecule has 14 aliphatic rings. The van der Waals surface area contributed by atoms with Crippen molar-refractivity contribution in [2.45, 2.75) is 161 Å². The van der Waals surface area contributed by atoms with E-state index in [1.807, 2.05) is 0 Å². The fourth-order valence-electron chi connectivity index (χ4n) is 20.1. The number of Topliss-reactive ketones (excluding diaryl/α,β-unsaturated/α-hetero) is 1. The van der Waals surface area contributed by atoms with E-state index in [1.54, 1.807) is 0 Å². The highest BCUT2D eigenvalue weighted by molar-refractivity contribution is 14.0. The van der Waals surface area contributed by atoms with E-state index < -0.39 is 5.60 Å². The van der Waals surface area contributed by atoms with Crippen LogP contribution in [0.3, 0.4) is 0 Å². The monoisotopic (exact) mass is 894 g/mol. The SMILES string of the molecule is C.C[C@]12CCC(=O)C=C1[C@@H]1C[C@@H]1C1C2CC[C@@]2(C)C1[C@@H]1C[C@@H]1C21CCC(=O)O1.C[C@]12CCC3C(C1[C@@H]1C[C@@H]1C21CCC(=O)O1)[C@H]1C[C@H]1[C@]1(O)CC(=O)CC[C@]31C.I. The maximum absolute atomic E-state index is 12.3. The number of halogens is 1. The zero-order valence-electron chi connectivity index (χ0n) is 34.0. The molecule has 0 aromatic heterocycles. The van der Waals surface area contributed by atoms with E-state index >= 15 is 0 Å². The summed E-state index contributed by atoms with van der Waals surface area (Å²) in [5.41, 5.74) is 0.906. The highest BCUT2D eigenvalue weighted by atomic mass is 127. The van der Waals surface area contributed by atoms with Crippen molar-refractivity contribution in [1.82, 2.24) is 0 Å². The molecule has 312 valence electrons. The van der Waals surface area contributed by atoms with Crippen LogP contribution in [0.4, 0.5) is 0 Å². The van der Waals surface area contributed by atoms with Crippen molar-refractivity contribution < 1.29 is 33.8 Å². The minimum Gasteiger partial charge on any atom is -0.458 e. The van der Waals surface area contributed by atoms with Crippen LogP contribution >= 0.6 is 24.0 Å². The predicted octanol–water partition coefficient (Wildman–Crippen LogP) is 9.06. The van der Waals surface area contributed by atoms with Gasteiger partial charge in [-0.25, -0.2) is 0 Å². The first-order valence-corrected chi connectivity index (χ1v) is 23.1. The van der Waals surface area contributed by atoms with Crippen molar-refractivity contribution in [1.29, 1.82) is 0 Å². The number of esters is 2. The molecule has 1 N–H and O–H groups in total. The molecule has 2 spiro atoms. The lowest BCUT2D eigenvalue weighted by atomic mass is 9.42. The fraction of sp³-hybridized carbons (Fsp3) is 0.878. The van der Waals surface area contributed by atoms with E-state index in [2.05, 4.69) is 33.8 Å². The van der Waals surface area contributed by atoms with Gasteiger partial charge in [-0.2, -0.15) is 0 Å². The van der Waals surface area contributed by atoms with Crippen LogP contribution in [-0.2, 0) is 28.7 Å². The molecule has 0 radical (unpaired) electrons. The van der Waals surface area contributed by atoms with Crippen LogP contribution in [0, 0.1) is 105 Å². The zero-order valence-corrected chi connectivity index (χ0v) is 36.3. The van der Waals surface area contributed by atoms with Crippen LogP contribution in [0.5, 0.6) is 0 Å². The summed E-state index contributed by atoms with van der Waals surface area (Å²) in [6, 6.07) is 0. The summed E-state index contributed by atoms with van der Waals surface area (Å²) in [6.45, 7) is 9.75. The highest BCUT2D eigenvalue weighted by Crippen LogP contribution is 2.84. The number of ether oxygens (including phenoxy) is 2. The first-order valence-electron chi connectivity index (χ1n) is 23.1. The lowest BCUT2D eigenvalue weighted by Crippen LogP contribution is -2.65. The van der Waals surface area contributed by atoms with Crippen LogP contribution in [0.25, 0.3) is 0 Å². The Morgan fingerprint density at radius 1 is 0.596 bits per heavy atom. The van der Waals surface area contributed by atoms with Crippen molar-refractivity contribution in [2.75, 3.05) is 0 Å². The molecular formula is C49H67IO7. The quantitative estimate of drug-likeness (QED) is 0.191. The molecule has 21 atom stereocenters. The third-order valence-corrected chi connectivity index (χ3v) is 22.5. The lowest BCUT2D eigenvalue weighted by molar-refractivity contribution is -0.223. The maximum Gasteiger partial charge on any atom is 0.306 e. The van der Waals surface area contributed by atoms with Crippen LogP contribution in [0.15, 0.2) is 11.6 Å². The van der Waals surface area contributed by atoms with E-state index in [0.29, 0.717) is 78.8 Å². The molecule has 0 amide bonds. The topological polar surface area (TPSA) is 107 Å². The second-order valence-electron chi connectivity index (χ2n) is 23.6. The molecule has 2 saturated heterocycles. The largest absolute Gasteiger partial charge is 0.458 e. The van der Waals surface area contributed by atoms with Gasteiger partial charge in [-0.3, -0.25) is 19.2 Å². The zero-order chi connectivity index (χ0) is 37.6. The van der Waals surface area contributed by atoms with Crippen LogP contribution in [0.1, 0.15) is 144 Å². The summed E-state index contributed by atoms with van der Waals surface area (Å²) in [4.78, 5) is 48.7. The smallest absolute Gasteiger partial charge is 0.306 e. The Labute approximate surface area is 356 Å². The van der Waals surface area contributed by atoms with Crippen LogP contribution in [0.2, 0.25) is 0 Å². The molecule has 2 heterocycles. The molecule has 11 saturated carbocycles. The van der Waals surface area contributed by atoms with E-state index in [9.17, 15) is 24.3 Å². The van der Waals surface area contributed by atoms with Gasteiger partial charge in [-0.1, -0.05) is 40.7 Å². The minimum absolute atomic E-state index is 0. The molecule has 0 aromatic rings. The van der Waals surface area contributed by atoms with E-state index in [-0.39, 0.29) is 82.0 Å². The van der Waals surface area contributed by atoms with Gasteiger partial charge in [0.25, 0.3) is 0 Å². The van der Waals surface area contributed by atoms with Crippen molar-refractivity contribution >= 4 is 47.5 Å². The van der Waals surface area contributed by atoms with Gasteiger partial charge in [-0.15, -0.1) is 24.0 Å². The second-order valence-corrected chi connectivity index (χ2v) is 23.6. The first-order chi connectivity index (χ1) is 26.1. The standard InChI is InChI=1S/C24H32O4.C24H30O3.CH4.HI/c1-21-6-3-12(25)11-23(21,27)16-9-13(16)19-15(21)4-7-22(2)20(19)14-10-17(14)24(22)8-5-18(26)28-24;1-22-6-3-12(25)9-17(22)13-10-14(13)20-16(22)4-7-23(2)21(20)15-11-18(15)24(23)8-5-19(26)27-24;;/h13-17,19-20,27H,3-11H2,1-2H3;9,13-16,18,20-21H,3-8,10-11H2,1-2H3;1H4;1H/t13-,14+,15?,16+,17-,19?,20?,21+,22-,23+,24?;13-,14+,15-,16?,18+,20?,21?,22-,23+,24?;;/m01../s1. The van der Waals surface area contributed by atoms with Crippen LogP contribution < -0.4 is 0 Å². The van der Waals surface area contributed by atoms with Crippen molar-refractivity contribution in [3.63, 3.8) is 0 Å². The first kappa shape index (κ1) is 38.6. The summed E-state index contributed by atoms with van der Waals surface area (Å²) in [6.07, 6.45) is 18.6. The molecule has 57 heavy (non-hydrogen) atoms. The van der Waals surface area contributed by atoms with Gasteiger partial charge >= 0.3 is 11.9 Å². The fourth-order valence-corrected chi connectivity index (χ4v) is 20.1.